The average Bonchev–Trinajstić information content (AvgIpc) is 2.99. The molecule has 0 spiro atoms. The van der Waals surface area contributed by atoms with E-state index in [1.807, 2.05) is 0 Å². The van der Waals surface area contributed by atoms with Crippen molar-refractivity contribution < 1.29 is 14.3 Å². The van der Waals surface area contributed by atoms with Crippen LogP contribution in [0, 0.1) is 0 Å². The van der Waals surface area contributed by atoms with Crippen molar-refractivity contribution in [3.63, 3.8) is 0 Å². The van der Waals surface area contributed by atoms with Crippen LogP contribution < -0.4 is 30.7 Å². The molecule has 0 saturated carbocycles. The van der Waals surface area contributed by atoms with E-state index in [4.69, 9.17) is 9.47 Å². The van der Waals surface area contributed by atoms with E-state index in [-0.39, 0.29) is 5.91 Å². The largest absolute Gasteiger partial charge is 0.493 e. The Balaban J connectivity index is 1.37. The van der Waals surface area contributed by atoms with Crippen LogP contribution in [-0.4, -0.2) is 32.8 Å². The Morgan fingerprint density at radius 1 is 0.632 bits per heavy atom. The molecule has 0 atom stereocenters. The second kappa shape index (κ2) is 13.8. The first-order valence-corrected chi connectivity index (χ1v) is 15.2. The predicted octanol–water partition coefficient (Wildman–Crippen LogP) is 5.99. The lowest BCUT2D eigenvalue weighted by molar-refractivity contribution is 0.0952. The summed E-state index contributed by atoms with van der Waals surface area (Å²) >= 11 is 0. The predicted molar refractivity (Wildman–Crippen MR) is 160 cm³/mol. The van der Waals surface area contributed by atoms with E-state index < -0.39 is 7.26 Å². The summed E-state index contributed by atoms with van der Waals surface area (Å²) in [5.74, 6) is 1.08. The summed E-state index contributed by atoms with van der Waals surface area (Å²) in [6.45, 7) is 0.656. The van der Waals surface area contributed by atoms with Crippen LogP contribution in [0.5, 0.6) is 11.5 Å². The number of unbranched alkanes of at least 4 members (excludes halogenated alkanes) is 3. The topological polar surface area (TPSA) is 47.6 Å². The van der Waals surface area contributed by atoms with Gasteiger partial charge in [0.1, 0.15) is 23.2 Å². The minimum Gasteiger partial charge on any atom is -0.493 e. The van der Waals surface area contributed by atoms with Crippen LogP contribution in [0.4, 0.5) is 0 Å². The van der Waals surface area contributed by atoms with Crippen LogP contribution in [-0.2, 0) is 0 Å². The molecule has 0 aliphatic heterocycles. The second-order valence-corrected chi connectivity index (χ2v) is 12.9. The maximum absolute atomic E-state index is 12.6. The molecule has 0 bridgehead atoms. The van der Waals surface area contributed by atoms with E-state index in [0.29, 0.717) is 23.6 Å². The highest BCUT2D eigenvalue weighted by atomic mass is 31.2. The zero-order valence-electron chi connectivity index (χ0n) is 22.3. The fourth-order valence-corrected chi connectivity index (χ4v) is 9.40. The zero-order chi connectivity index (χ0) is 26.6. The van der Waals surface area contributed by atoms with E-state index in [0.717, 1.165) is 31.8 Å². The molecule has 196 valence electrons. The number of hydrogen-bond acceptors (Lipinski definition) is 3. The van der Waals surface area contributed by atoms with Crippen molar-refractivity contribution in [2.24, 2.45) is 0 Å². The first kappa shape index (κ1) is 27.4. The Morgan fingerprint density at radius 2 is 1.13 bits per heavy atom. The summed E-state index contributed by atoms with van der Waals surface area (Å²) in [7, 11) is 1.39. The average molecular weight is 527 g/mol. The summed E-state index contributed by atoms with van der Waals surface area (Å²) < 4.78 is 10.6. The zero-order valence-corrected chi connectivity index (χ0v) is 23.2. The molecule has 0 aliphatic rings. The first-order valence-electron chi connectivity index (χ1n) is 13.2. The van der Waals surface area contributed by atoms with Crippen molar-refractivity contribution in [2.45, 2.75) is 25.7 Å². The van der Waals surface area contributed by atoms with Gasteiger partial charge in [0.15, 0.2) is 11.5 Å². The normalized spacial score (nSPS) is 11.1. The molecule has 5 heteroatoms. The van der Waals surface area contributed by atoms with Gasteiger partial charge in [0, 0.05) is 12.1 Å². The van der Waals surface area contributed by atoms with E-state index in [9.17, 15) is 4.79 Å². The highest BCUT2D eigenvalue weighted by Gasteiger charge is 2.44. The Hall–Kier alpha value is -3.62. The molecule has 1 N–H and O–H groups in total. The van der Waals surface area contributed by atoms with Crippen LogP contribution >= 0.6 is 7.26 Å². The monoisotopic (exact) mass is 526 g/mol. The lowest BCUT2D eigenvalue weighted by Gasteiger charge is -2.27. The van der Waals surface area contributed by atoms with Crippen LogP contribution in [0.25, 0.3) is 0 Å². The summed E-state index contributed by atoms with van der Waals surface area (Å²) in [5.41, 5.74) is 0.575. The van der Waals surface area contributed by atoms with Gasteiger partial charge in [-0.25, -0.2) is 0 Å². The van der Waals surface area contributed by atoms with Gasteiger partial charge in [-0.3, -0.25) is 4.79 Å². The Bertz CT molecular complexity index is 1180. The van der Waals surface area contributed by atoms with Gasteiger partial charge in [-0.05, 0) is 73.9 Å². The van der Waals surface area contributed by atoms with Gasteiger partial charge in [-0.15, -0.1) is 0 Å². The fourth-order valence-electron chi connectivity index (χ4n) is 4.99. The van der Waals surface area contributed by atoms with Crippen molar-refractivity contribution in [2.75, 3.05) is 26.9 Å². The number of nitrogens with one attached hydrogen (secondary N) is 1. The SMILES string of the molecule is COc1ccc(C(=O)NCCCCCC[P+](c2ccccc2)(c2ccccc2)c2ccccc2)cc1OC. The Morgan fingerprint density at radius 3 is 1.63 bits per heavy atom. The number of carbonyl (C=O) groups is 1. The fraction of sp³-hybridized carbons (Fsp3) is 0.242. The molecule has 0 aliphatic carbocycles. The number of carbonyl (C=O) groups excluding carboxylic acids is 1. The van der Waals surface area contributed by atoms with E-state index in [2.05, 4.69) is 96.3 Å². The van der Waals surface area contributed by atoms with Crippen LogP contribution in [0.15, 0.2) is 109 Å². The molecule has 0 radical (unpaired) electrons. The lowest BCUT2D eigenvalue weighted by atomic mass is 10.1. The van der Waals surface area contributed by atoms with Crippen molar-refractivity contribution in [3.05, 3.63) is 115 Å². The molecule has 4 rings (SSSR count). The highest BCUT2D eigenvalue weighted by Crippen LogP contribution is 2.55. The van der Waals surface area contributed by atoms with E-state index in [1.165, 1.54) is 15.9 Å². The van der Waals surface area contributed by atoms with Gasteiger partial charge >= 0.3 is 0 Å². The first-order chi connectivity index (χ1) is 18.7. The molecule has 1 amide bonds. The number of rotatable bonds is 13. The summed E-state index contributed by atoms with van der Waals surface area (Å²) in [4.78, 5) is 12.6. The maximum atomic E-state index is 12.6. The third kappa shape index (κ3) is 6.44. The minimum absolute atomic E-state index is 0.0897. The van der Waals surface area contributed by atoms with Crippen LogP contribution in [0.3, 0.4) is 0 Å². The van der Waals surface area contributed by atoms with Crippen LogP contribution in [0.2, 0.25) is 0 Å². The molecule has 4 aromatic rings. The molecular formula is C33H37NO3P+. The number of benzene rings is 4. The lowest BCUT2D eigenvalue weighted by Crippen LogP contribution is -2.33. The second-order valence-electron chi connectivity index (χ2n) is 9.28. The molecule has 0 unspecified atom stereocenters. The number of hydrogen-bond donors (Lipinski definition) is 1. The van der Waals surface area contributed by atoms with Crippen molar-refractivity contribution in [1.29, 1.82) is 0 Å². The van der Waals surface area contributed by atoms with Crippen molar-refractivity contribution in [1.82, 2.24) is 5.32 Å². The molecule has 38 heavy (non-hydrogen) atoms. The third-order valence-corrected chi connectivity index (χ3v) is 11.5. The summed E-state index contributed by atoms with van der Waals surface area (Å²) in [6, 6.07) is 38.3. The molecule has 4 aromatic carbocycles. The van der Waals surface area contributed by atoms with Gasteiger partial charge in [0.05, 0.1) is 20.4 Å². The van der Waals surface area contributed by atoms with Crippen LogP contribution in [0.1, 0.15) is 36.0 Å². The number of ether oxygens (including phenoxy) is 2. The Labute approximate surface area is 227 Å². The molecule has 0 saturated heterocycles. The Kier molecular flexibility index (Phi) is 9.95. The number of amides is 1. The minimum atomic E-state index is -1.77. The van der Waals surface area contributed by atoms with Gasteiger partial charge in [0.25, 0.3) is 5.91 Å². The van der Waals surface area contributed by atoms with E-state index in [1.54, 1.807) is 32.4 Å². The standard InChI is InChI=1S/C33H36NO3P/c1-36-31-23-22-27(26-32(31)37-2)33(35)34-24-14-3-4-15-25-38(28-16-8-5-9-17-28,29-18-10-6-11-19-29)30-20-12-7-13-21-30/h5-13,16-23,26H,3-4,14-15,24-25H2,1-2H3/p+1. The molecular weight excluding hydrogens is 489 g/mol. The highest BCUT2D eigenvalue weighted by molar-refractivity contribution is 7.95. The number of methoxy groups -OCH3 is 2. The van der Waals surface area contributed by atoms with E-state index >= 15 is 0 Å². The molecule has 0 heterocycles. The molecule has 4 nitrogen and oxygen atoms in total. The summed E-state index contributed by atoms with van der Waals surface area (Å²) in [5, 5.41) is 7.33. The van der Waals surface area contributed by atoms with Gasteiger partial charge in [-0.2, -0.15) is 0 Å². The van der Waals surface area contributed by atoms with Crippen molar-refractivity contribution in [3.8, 4) is 11.5 Å². The molecule has 0 aromatic heterocycles. The third-order valence-electron chi connectivity index (χ3n) is 6.94. The maximum Gasteiger partial charge on any atom is 0.251 e. The molecule has 0 fully saturated rings. The smallest absolute Gasteiger partial charge is 0.251 e. The van der Waals surface area contributed by atoms with Crippen molar-refractivity contribution >= 4 is 29.1 Å². The van der Waals surface area contributed by atoms with Gasteiger partial charge in [0.2, 0.25) is 0 Å². The van der Waals surface area contributed by atoms with Gasteiger partial charge < -0.3 is 14.8 Å². The quantitative estimate of drug-likeness (QED) is 0.172. The summed E-state index contributed by atoms with van der Waals surface area (Å²) in [6.07, 6.45) is 5.41. The van der Waals surface area contributed by atoms with Gasteiger partial charge in [-0.1, -0.05) is 61.0 Å².